The summed E-state index contributed by atoms with van der Waals surface area (Å²) >= 11 is 0. The summed E-state index contributed by atoms with van der Waals surface area (Å²) in [6.07, 6.45) is 0. The van der Waals surface area contributed by atoms with E-state index in [4.69, 9.17) is 4.74 Å². The molecule has 2 N–H and O–H groups in total. The number of rotatable bonds is 7. The molecule has 2 aromatic rings. The van der Waals surface area contributed by atoms with Crippen molar-refractivity contribution >= 4 is 15.8 Å². The van der Waals surface area contributed by atoms with Crippen LogP contribution in [0.4, 0.5) is 0 Å². The van der Waals surface area contributed by atoms with Gasteiger partial charge < -0.3 is 9.64 Å². The lowest BCUT2D eigenvalue weighted by molar-refractivity contribution is -0.909. The van der Waals surface area contributed by atoms with Gasteiger partial charge in [0, 0.05) is 5.56 Å². The van der Waals surface area contributed by atoms with Crippen LogP contribution in [0, 0.1) is 0 Å². The molecule has 1 aliphatic heterocycles. The fourth-order valence-corrected chi connectivity index (χ4v) is 4.41. The Morgan fingerprint density at radius 3 is 2.30 bits per heavy atom. The molecule has 0 aliphatic carbocycles. The highest BCUT2D eigenvalue weighted by Crippen LogP contribution is 2.17. The van der Waals surface area contributed by atoms with Crippen molar-refractivity contribution in [3.8, 4) is 0 Å². The summed E-state index contributed by atoms with van der Waals surface area (Å²) in [7, 11) is -3.71. The minimum atomic E-state index is -3.71. The lowest BCUT2D eigenvalue weighted by Gasteiger charge is -2.28. The lowest BCUT2D eigenvalue weighted by atomic mass is 10.1. The van der Waals surface area contributed by atoms with Gasteiger partial charge in [-0.1, -0.05) is 42.5 Å². The zero-order valence-electron chi connectivity index (χ0n) is 15.4. The zero-order chi connectivity index (χ0) is 19.3. The van der Waals surface area contributed by atoms with E-state index in [0.29, 0.717) is 25.3 Å². The third-order valence-electron chi connectivity index (χ3n) is 4.76. The third-order valence-corrected chi connectivity index (χ3v) is 6.25. The van der Waals surface area contributed by atoms with Crippen LogP contribution in [0.5, 0.6) is 0 Å². The molecule has 2 aromatic carbocycles. The average molecular weight is 389 g/mol. The molecule has 144 valence electrons. The minimum absolute atomic E-state index is 0.0926. The Bertz CT molecular complexity index is 861. The Kier molecular flexibility index (Phi) is 6.38. The quantitative estimate of drug-likeness (QED) is 0.688. The Balaban J connectivity index is 1.82. The van der Waals surface area contributed by atoms with E-state index >= 15 is 0 Å². The van der Waals surface area contributed by atoms with E-state index < -0.39 is 10.0 Å². The summed E-state index contributed by atoms with van der Waals surface area (Å²) in [4.78, 5) is 12.9. The summed E-state index contributed by atoms with van der Waals surface area (Å²) < 4.78 is 34.1. The summed E-state index contributed by atoms with van der Waals surface area (Å²) in [5.74, 6) is -0.0926. The van der Waals surface area contributed by atoms with Crippen molar-refractivity contribution in [2.24, 2.45) is 0 Å². The number of quaternary nitrogens is 1. The average Bonchev–Trinajstić information content (AvgIpc) is 2.69. The predicted molar refractivity (Wildman–Crippen MR) is 102 cm³/mol. The Labute approximate surface area is 160 Å². The van der Waals surface area contributed by atoms with Crippen LogP contribution in [-0.4, -0.2) is 47.0 Å². The number of sulfonamides is 1. The predicted octanol–water partition coefficient (Wildman–Crippen LogP) is 0.824. The summed E-state index contributed by atoms with van der Waals surface area (Å²) in [6.45, 7) is 5.21. The van der Waals surface area contributed by atoms with Gasteiger partial charge in [-0.2, -0.15) is 4.72 Å². The molecule has 3 rings (SSSR count). The first kappa shape index (κ1) is 19.7. The van der Waals surface area contributed by atoms with Crippen molar-refractivity contribution in [3.63, 3.8) is 0 Å². The van der Waals surface area contributed by atoms with Crippen LogP contribution in [0.1, 0.15) is 28.9 Å². The summed E-state index contributed by atoms with van der Waals surface area (Å²) in [6, 6.07) is 15.3. The van der Waals surface area contributed by atoms with Gasteiger partial charge in [0.15, 0.2) is 5.78 Å². The first-order valence-corrected chi connectivity index (χ1v) is 10.5. The maximum atomic E-state index is 12.9. The molecule has 0 bridgehead atoms. The number of ketones is 1. The maximum Gasteiger partial charge on any atom is 0.241 e. The van der Waals surface area contributed by atoms with Crippen LogP contribution in [0.3, 0.4) is 0 Å². The molecule has 0 amide bonds. The standard InChI is InChI=1S/C20H24N2O4S/c1-16(23)17-7-9-19(10-8-17)27(24,25)21-20(18-5-3-2-4-6-18)15-22-11-13-26-14-12-22/h2-10,20-21H,11-15H2,1H3/p+1/t20-/m1/s1. The molecule has 0 spiro atoms. The first-order chi connectivity index (χ1) is 13.0. The Hall–Kier alpha value is -2.06. The summed E-state index contributed by atoms with van der Waals surface area (Å²) in [5.41, 5.74) is 1.42. The molecule has 6 nitrogen and oxygen atoms in total. The smallest absolute Gasteiger partial charge is 0.241 e. The second-order valence-corrected chi connectivity index (χ2v) is 8.45. The molecule has 0 saturated carbocycles. The molecule has 0 unspecified atom stereocenters. The van der Waals surface area contributed by atoms with E-state index in [-0.39, 0.29) is 16.7 Å². The number of nitrogens with one attached hydrogen (secondary N) is 2. The van der Waals surface area contributed by atoms with Crippen LogP contribution < -0.4 is 9.62 Å². The number of hydrogen-bond donors (Lipinski definition) is 2. The molecule has 0 radical (unpaired) electrons. The number of Topliss-reactive ketones (excluding diaryl/α,β-unsaturated/α-hetero) is 1. The molecule has 27 heavy (non-hydrogen) atoms. The van der Waals surface area contributed by atoms with Gasteiger partial charge in [-0.25, -0.2) is 8.42 Å². The van der Waals surface area contributed by atoms with Gasteiger partial charge in [0.1, 0.15) is 13.1 Å². The van der Waals surface area contributed by atoms with E-state index in [1.54, 1.807) is 12.1 Å². The largest absolute Gasteiger partial charge is 0.370 e. The normalized spacial score (nSPS) is 16.8. The second-order valence-electron chi connectivity index (χ2n) is 6.73. The monoisotopic (exact) mass is 389 g/mol. The van der Waals surface area contributed by atoms with Gasteiger partial charge in [0.2, 0.25) is 10.0 Å². The Morgan fingerprint density at radius 1 is 1.07 bits per heavy atom. The SMILES string of the molecule is CC(=O)c1ccc(S(=O)(=O)N[C@H](C[NH+]2CCOCC2)c2ccccc2)cc1. The van der Waals surface area contributed by atoms with Crippen molar-refractivity contribution < 1.29 is 22.8 Å². The van der Waals surface area contributed by atoms with E-state index in [0.717, 1.165) is 18.7 Å². The Morgan fingerprint density at radius 2 is 1.70 bits per heavy atom. The van der Waals surface area contributed by atoms with E-state index in [9.17, 15) is 13.2 Å². The first-order valence-electron chi connectivity index (χ1n) is 9.05. The molecule has 0 aromatic heterocycles. The van der Waals surface area contributed by atoms with Crippen LogP contribution in [0.25, 0.3) is 0 Å². The fraction of sp³-hybridized carbons (Fsp3) is 0.350. The number of carbonyl (C=O) groups is 1. The zero-order valence-corrected chi connectivity index (χ0v) is 16.2. The molecule has 1 saturated heterocycles. The highest BCUT2D eigenvalue weighted by Gasteiger charge is 2.26. The maximum absolute atomic E-state index is 12.9. The molecule has 1 fully saturated rings. The minimum Gasteiger partial charge on any atom is -0.370 e. The van der Waals surface area contributed by atoms with Crippen LogP contribution >= 0.6 is 0 Å². The van der Waals surface area contributed by atoms with Gasteiger partial charge in [0.25, 0.3) is 0 Å². The molecule has 1 aliphatic rings. The number of ether oxygens (including phenoxy) is 1. The van der Waals surface area contributed by atoms with Crippen molar-refractivity contribution in [1.82, 2.24) is 4.72 Å². The third kappa shape index (κ3) is 5.23. The van der Waals surface area contributed by atoms with Gasteiger partial charge in [0.05, 0.1) is 30.7 Å². The van der Waals surface area contributed by atoms with Crippen molar-refractivity contribution in [2.45, 2.75) is 17.9 Å². The summed E-state index contributed by atoms with van der Waals surface area (Å²) in [5, 5.41) is 0. The topological polar surface area (TPSA) is 76.9 Å². The highest BCUT2D eigenvalue weighted by atomic mass is 32.2. The number of morpholine rings is 1. The van der Waals surface area contributed by atoms with Gasteiger partial charge in [-0.15, -0.1) is 0 Å². The van der Waals surface area contributed by atoms with Crippen molar-refractivity contribution in [2.75, 3.05) is 32.8 Å². The van der Waals surface area contributed by atoms with Crippen LogP contribution in [0.2, 0.25) is 0 Å². The van der Waals surface area contributed by atoms with Crippen molar-refractivity contribution in [1.29, 1.82) is 0 Å². The second kappa shape index (κ2) is 8.75. The molecule has 1 heterocycles. The number of carbonyl (C=O) groups excluding carboxylic acids is 1. The highest BCUT2D eigenvalue weighted by molar-refractivity contribution is 7.89. The van der Waals surface area contributed by atoms with Crippen molar-refractivity contribution in [3.05, 3.63) is 65.7 Å². The molecular weight excluding hydrogens is 364 g/mol. The van der Waals surface area contributed by atoms with E-state index in [2.05, 4.69) is 4.72 Å². The number of hydrogen-bond acceptors (Lipinski definition) is 4. The fourth-order valence-electron chi connectivity index (χ4n) is 3.19. The lowest BCUT2D eigenvalue weighted by Crippen LogP contribution is -3.14. The van der Waals surface area contributed by atoms with Crippen LogP contribution in [0.15, 0.2) is 59.5 Å². The van der Waals surface area contributed by atoms with Gasteiger partial charge in [-0.3, -0.25) is 4.79 Å². The molecule has 1 atom stereocenters. The van der Waals surface area contributed by atoms with Gasteiger partial charge >= 0.3 is 0 Å². The molecule has 7 heteroatoms. The van der Waals surface area contributed by atoms with Gasteiger partial charge in [-0.05, 0) is 24.6 Å². The van der Waals surface area contributed by atoms with E-state index in [1.165, 1.54) is 24.0 Å². The molecular formula is C20H25N2O4S+. The number of benzene rings is 2. The van der Waals surface area contributed by atoms with E-state index in [1.807, 2.05) is 30.3 Å². The van der Waals surface area contributed by atoms with Crippen LogP contribution in [-0.2, 0) is 14.8 Å².